The second-order valence-electron chi connectivity index (χ2n) is 20.2. The minimum absolute atomic E-state index is 0.0449. The van der Waals surface area contributed by atoms with Crippen molar-refractivity contribution in [2.45, 2.75) is 153 Å². The third-order valence-corrected chi connectivity index (χ3v) is 19.5. The van der Waals surface area contributed by atoms with E-state index in [1.165, 1.54) is 0 Å². The van der Waals surface area contributed by atoms with Gasteiger partial charge in [-0.05, 0) is 191 Å². The van der Waals surface area contributed by atoms with Crippen molar-refractivity contribution in [1.29, 1.82) is 0 Å². The van der Waals surface area contributed by atoms with Gasteiger partial charge in [0.2, 0.25) is 0 Å². The summed E-state index contributed by atoms with van der Waals surface area (Å²) in [5.74, 6) is -5.57. The highest BCUT2D eigenvalue weighted by Crippen LogP contribution is 2.70. The monoisotopic (exact) mass is 790 g/mol. The number of sulfone groups is 1. The van der Waals surface area contributed by atoms with Crippen molar-refractivity contribution in [2.75, 3.05) is 0 Å². The van der Waals surface area contributed by atoms with Crippen LogP contribution in [0.1, 0.15) is 132 Å². The minimum Gasteiger partial charge on any atom is -0.507 e. The molecule has 0 aliphatic heterocycles. The Bertz CT molecular complexity index is 1890. The molecule has 14 heteroatoms. The molecule has 12 fully saturated rings. The lowest BCUT2D eigenvalue weighted by Gasteiger charge is -2.60. The molecule has 2 N–H and O–H groups in total. The summed E-state index contributed by atoms with van der Waals surface area (Å²) in [6.07, 6.45) is 13.0. The van der Waals surface area contributed by atoms with Gasteiger partial charge >= 0.3 is 26.5 Å². The van der Waals surface area contributed by atoms with Crippen LogP contribution in [0.3, 0.4) is 0 Å². The van der Waals surface area contributed by atoms with E-state index in [0.717, 1.165) is 77.0 Å². The molecule has 1 aromatic carbocycles. The van der Waals surface area contributed by atoms with Crippen molar-refractivity contribution in [3.05, 3.63) is 22.8 Å². The molecule has 0 heterocycles. The van der Waals surface area contributed by atoms with Gasteiger partial charge in [0, 0.05) is 16.5 Å². The molecule has 0 saturated heterocycles. The molecule has 12 bridgehead atoms. The topological polar surface area (TPSA) is 109 Å². The maximum atomic E-state index is 16.6. The highest BCUT2D eigenvalue weighted by Gasteiger charge is 2.82. The molecule has 6 nitrogen and oxygen atoms in total. The highest BCUT2D eigenvalue weighted by atomic mass is 32.2. The Morgan fingerprint density at radius 1 is 0.509 bits per heavy atom. The first-order valence-corrected chi connectivity index (χ1v) is 22.8. The maximum absolute atomic E-state index is 16.6. The quantitative estimate of drug-likeness (QED) is 0.201. The standard InChI is InChI=1S/C39H48F6O6S2/c40-37(41,39(44,45)53(49,50)51)38(42,43)52(47,48)33-30(35-14-23-4-24(15-35)6-25(5-23)16-35)10-29(34-11-20-1-21(12-34)3-22(2-20)13-34)32(46)31(33)36-17-26-7-27(18-36)9-28(8-26)19-36/h10,20-28,46H,1-9,11-19H2,(H,49,50,51). The molecule has 1 aromatic rings. The third-order valence-electron chi connectivity index (χ3n) is 16.7. The Balaban J connectivity index is 1.28. The van der Waals surface area contributed by atoms with E-state index in [0.29, 0.717) is 61.8 Å². The Kier molecular flexibility index (Phi) is 7.23. The van der Waals surface area contributed by atoms with E-state index in [1.807, 2.05) is 0 Å². The van der Waals surface area contributed by atoms with Crippen LogP contribution < -0.4 is 0 Å². The van der Waals surface area contributed by atoms with Crippen molar-refractivity contribution >= 4 is 20.0 Å². The van der Waals surface area contributed by atoms with Gasteiger partial charge < -0.3 is 5.11 Å². The first-order valence-electron chi connectivity index (χ1n) is 19.9. The molecule has 0 unspecified atom stereocenters. The van der Waals surface area contributed by atoms with E-state index in [-0.39, 0.29) is 46.6 Å². The Labute approximate surface area is 306 Å². The van der Waals surface area contributed by atoms with Crippen LogP contribution in [-0.2, 0) is 36.2 Å². The Hall–Kier alpha value is -1.54. The predicted molar refractivity (Wildman–Crippen MR) is 181 cm³/mol. The van der Waals surface area contributed by atoms with Crippen LogP contribution >= 0.6 is 0 Å². The van der Waals surface area contributed by atoms with Gasteiger partial charge in [0.05, 0.1) is 4.90 Å². The fourth-order valence-electron chi connectivity index (χ4n) is 16.2. The highest BCUT2D eigenvalue weighted by molar-refractivity contribution is 7.92. The number of benzene rings is 1. The molecule has 0 spiro atoms. The van der Waals surface area contributed by atoms with Crippen LogP contribution in [0.15, 0.2) is 11.0 Å². The van der Waals surface area contributed by atoms with Crippen LogP contribution in [0.2, 0.25) is 0 Å². The Morgan fingerprint density at radius 3 is 1.13 bits per heavy atom. The molecule has 53 heavy (non-hydrogen) atoms. The average molecular weight is 791 g/mol. The molecule has 0 amide bonds. The van der Waals surface area contributed by atoms with Gasteiger partial charge in [-0.15, -0.1) is 0 Å². The minimum atomic E-state index is -7.20. The zero-order valence-electron chi connectivity index (χ0n) is 29.6. The number of aromatic hydroxyl groups is 1. The molecular weight excluding hydrogens is 743 g/mol. The summed E-state index contributed by atoms with van der Waals surface area (Å²) >= 11 is 0. The lowest BCUT2D eigenvalue weighted by molar-refractivity contribution is -0.245. The van der Waals surface area contributed by atoms with Gasteiger partial charge in [0.15, 0.2) is 0 Å². The van der Waals surface area contributed by atoms with Gasteiger partial charge in [0.1, 0.15) is 5.75 Å². The number of halogens is 6. The fraction of sp³-hybridized carbons (Fsp3) is 0.846. The molecular formula is C39H48F6O6S2. The van der Waals surface area contributed by atoms with Crippen molar-refractivity contribution in [1.82, 2.24) is 0 Å². The predicted octanol–water partition coefficient (Wildman–Crippen LogP) is 9.28. The van der Waals surface area contributed by atoms with Crippen LogP contribution in [0.25, 0.3) is 0 Å². The summed E-state index contributed by atoms with van der Waals surface area (Å²) in [7, 11) is -14.1. The largest absolute Gasteiger partial charge is 0.507 e. The van der Waals surface area contributed by atoms with Crippen LogP contribution in [0.5, 0.6) is 5.75 Å². The summed E-state index contributed by atoms with van der Waals surface area (Å²) < 4.78 is 156. The van der Waals surface area contributed by atoms with Crippen molar-refractivity contribution in [2.24, 2.45) is 53.3 Å². The van der Waals surface area contributed by atoms with Crippen molar-refractivity contribution in [3.63, 3.8) is 0 Å². The second-order valence-corrected chi connectivity index (χ2v) is 23.6. The summed E-state index contributed by atoms with van der Waals surface area (Å²) in [6.45, 7) is 0. The number of rotatable bonds is 8. The summed E-state index contributed by atoms with van der Waals surface area (Å²) in [5.41, 5.74) is -2.55. The SMILES string of the molecule is O=S(=O)(O)C(F)(F)C(F)(F)C(F)(F)S(=O)(=O)c1c(C23CC4CC(CC(C4)C2)C3)cc(C23CC4CC(CC(C4)C2)C3)c(O)c1C12CC3CC(CC(C3)C1)C2. The molecule has 12 aliphatic rings. The number of phenols is 1. The van der Waals surface area contributed by atoms with E-state index in [4.69, 9.17) is 4.55 Å². The zero-order valence-corrected chi connectivity index (χ0v) is 31.2. The van der Waals surface area contributed by atoms with E-state index < -0.39 is 63.3 Å². The van der Waals surface area contributed by atoms with E-state index in [1.54, 1.807) is 6.07 Å². The Morgan fingerprint density at radius 2 is 0.811 bits per heavy atom. The van der Waals surface area contributed by atoms with Gasteiger partial charge in [-0.1, -0.05) is 0 Å². The smallest absolute Gasteiger partial charge is 0.439 e. The van der Waals surface area contributed by atoms with E-state index >= 15 is 17.6 Å². The lowest BCUT2D eigenvalue weighted by atomic mass is 9.45. The van der Waals surface area contributed by atoms with Gasteiger partial charge in [-0.3, -0.25) is 4.55 Å². The first kappa shape index (κ1) is 35.8. The van der Waals surface area contributed by atoms with E-state index in [9.17, 15) is 30.7 Å². The van der Waals surface area contributed by atoms with Gasteiger partial charge in [0.25, 0.3) is 9.84 Å². The molecule has 13 rings (SSSR count). The number of hydrogen-bond donors (Lipinski definition) is 2. The van der Waals surface area contributed by atoms with E-state index in [2.05, 4.69) is 0 Å². The van der Waals surface area contributed by atoms with Crippen LogP contribution in [0, 0.1) is 53.3 Å². The number of alkyl halides is 6. The second kappa shape index (κ2) is 10.7. The molecule has 0 atom stereocenters. The maximum Gasteiger partial charge on any atom is 0.439 e. The molecule has 0 radical (unpaired) electrons. The lowest BCUT2D eigenvalue weighted by Crippen LogP contribution is -2.61. The summed E-state index contributed by atoms with van der Waals surface area (Å²) in [5, 5.41) is -0.676. The first-order chi connectivity index (χ1) is 24.6. The molecule has 0 aromatic heterocycles. The summed E-state index contributed by atoms with van der Waals surface area (Å²) in [4.78, 5) is -1.16. The van der Waals surface area contributed by atoms with Crippen molar-refractivity contribution in [3.8, 4) is 5.75 Å². The molecule has 294 valence electrons. The van der Waals surface area contributed by atoms with Crippen molar-refractivity contribution < 1.29 is 52.8 Å². The van der Waals surface area contributed by atoms with Gasteiger partial charge in [-0.25, -0.2) is 8.42 Å². The normalized spacial score (nSPS) is 44.3. The number of hydrogen-bond acceptors (Lipinski definition) is 5. The average Bonchev–Trinajstić information content (AvgIpc) is 3.01. The van der Waals surface area contributed by atoms with Crippen LogP contribution in [-0.4, -0.2) is 42.9 Å². The van der Waals surface area contributed by atoms with Crippen LogP contribution in [0.4, 0.5) is 26.3 Å². The third kappa shape index (κ3) is 4.66. The zero-order chi connectivity index (χ0) is 37.5. The number of phenolic OH excluding ortho intramolecular Hbond substituents is 1. The molecule has 12 saturated carbocycles. The summed E-state index contributed by atoms with van der Waals surface area (Å²) in [6, 6.07) is 1.56. The van der Waals surface area contributed by atoms with Gasteiger partial charge in [-0.2, -0.15) is 34.8 Å². The fourth-order valence-corrected chi connectivity index (χ4v) is 18.5. The molecule has 12 aliphatic carbocycles.